The topological polar surface area (TPSA) is 32.7 Å². The summed E-state index contributed by atoms with van der Waals surface area (Å²) in [6.45, 7) is 8.17. The molecule has 0 saturated carbocycles. The van der Waals surface area contributed by atoms with Gasteiger partial charge in [-0.3, -0.25) is 4.90 Å². The highest BCUT2D eigenvalue weighted by Crippen LogP contribution is 2.17. The average molecular weight is 235 g/mol. The molecule has 1 N–H and O–H groups in total. The van der Waals surface area contributed by atoms with Crippen LogP contribution in [0.2, 0.25) is 0 Å². The maximum atomic E-state index is 8.91. The fourth-order valence-corrected chi connectivity index (χ4v) is 2.28. The maximum absolute atomic E-state index is 8.91. The molecule has 0 amide bonds. The zero-order valence-corrected chi connectivity index (χ0v) is 10.6. The van der Waals surface area contributed by atoms with Crippen molar-refractivity contribution in [2.75, 3.05) is 32.8 Å². The molecule has 1 aliphatic rings. The van der Waals surface area contributed by atoms with E-state index in [0.29, 0.717) is 12.5 Å². The third-order valence-corrected chi connectivity index (χ3v) is 3.16. The van der Waals surface area contributed by atoms with Gasteiger partial charge >= 0.3 is 0 Å². The Morgan fingerprint density at radius 3 is 2.47 bits per heavy atom. The molecule has 1 saturated heterocycles. The predicted octanol–water partition coefficient (Wildman–Crippen LogP) is 1.61. The van der Waals surface area contributed by atoms with Crippen LogP contribution in [0, 0.1) is 19.8 Å². The molecule has 3 heteroatoms. The van der Waals surface area contributed by atoms with Crippen molar-refractivity contribution in [2.24, 2.45) is 5.92 Å². The van der Waals surface area contributed by atoms with Crippen molar-refractivity contribution in [2.45, 2.75) is 13.8 Å². The van der Waals surface area contributed by atoms with Gasteiger partial charge in [-0.15, -0.1) is 0 Å². The van der Waals surface area contributed by atoms with E-state index in [0.717, 1.165) is 32.0 Å². The maximum Gasteiger partial charge on any atom is 0.119 e. The molecule has 0 aliphatic carbocycles. The van der Waals surface area contributed by atoms with E-state index < -0.39 is 0 Å². The fourth-order valence-electron chi connectivity index (χ4n) is 2.28. The number of aliphatic hydroxyl groups is 1. The lowest BCUT2D eigenvalue weighted by Gasteiger charge is -2.37. The highest BCUT2D eigenvalue weighted by atomic mass is 16.5. The number of nitrogens with zero attached hydrogens (tertiary/aromatic N) is 1. The minimum absolute atomic E-state index is 0.314. The van der Waals surface area contributed by atoms with Gasteiger partial charge in [-0.1, -0.05) is 6.07 Å². The van der Waals surface area contributed by atoms with Gasteiger partial charge in [0.15, 0.2) is 0 Å². The van der Waals surface area contributed by atoms with Crippen LogP contribution in [0.4, 0.5) is 0 Å². The second-order valence-electron chi connectivity index (χ2n) is 4.98. The van der Waals surface area contributed by atoms with Gasteiger partial charge in [0.05, 0.1) is 0 Å². The first-order chi connectivity index (χ1) is 8.17. The van der Waals surface area contributed by atoms with Crippen molar-refractivity contribution in [1.29, 1.82) is 0 Å². The number of aliphatic hydroxyl groups excluding tert-OH is 1. The Kier molecular flexibility index (Phi) is 4.02. The summed E-state index contributed by atoms with van der Waals surface area (Å²) in [6.07, 6.45) is 0. The molecule has 2 rings (SSSR count). The summed E-state index contributed by atoms with van der Waals surface area (Å²) in [5, 5.41) is 8.91. The van der Waals surface area contributed by atoms with E-state index in [1.54, 1.807) is 0 Å². The van der Waals surface area contributed by atoms with Gasteiger partial charge in [0.1, 0.15) is 12.4 Å². The van der Waals surface area contributed by atoms with Crippen molar-refractivity contribution in [3.8, 4) is 5.75 Å². The van der Waals surface area contributed by atoms with Crippen LogP contribution in [0.1, 0.15) is 11.1 Å². The highest BCUT2D eigenvalue weighted by molar-refractivity contribution is 5.32. The molecule has 0 unspecified atom stereocenters. The van der Waals surface area contributed by atoms with Gasteiger partial charge in [-0.25, -0.2) is 0 Å². The average Bonchev–Trinajstić information content (AvgIpc) is 2.20. The zero-order chi connectivity index (χ0) is 12.3. The third kappa shape index (κ3) is 3.45. The Bertz CT molecular complexity index is 352. The molecule has 1 fully saturated rings. The molecule has 1 aromatic rings. The number of rotatable bonds is 5. The van der Waals surface area contributed by atoms with Crippen LogP contribution >= 0.6 is 0 Å². The lowest BCUT2D eigenvalue weighted by molar-refractivity contribution is 0.0439. The van der Waals surface area contributed by atoms with Crippen LogP contribution in [0.25, 0.3) is 0 Å². The number of benzene rings is 1. The number of ether oxygens (including phenoxy) is 1. The molecule has 0 bridgehead atoms. The van der Waals surface area contributed by atoms with Gasteiger partial charge < -0.3 is 9.84 Å². The number of hydrogen-bond donors (Lipinski definition) is 1. The Labute approximate surface area is 103 Å². The summed E-state index contributed by atoms with van der Waals surface area (Å²) in [5.41, 5.74) is 2.48. The van der Waals surface area contributed by atoms with Gasteiger partial charge in [0.2, 0.25) is 0 Å². The van der Waals surface area contributed by atoms with Crippen molar-refractivity contribution in [3.05, 3.63) is 29.3 Å². The van der Waals surface area contributed by atoms with E-state index >= 15 is 0 Å². The molecule has 3 nitrogen and oxygen atoms in total. The minimum Gasteiger partial charge on any atom is -0.492 e. The molecular formula is C14H21NO2. The molecule has 1 aliphatic heterocycles. The Morgan fingerprint density at radius 2 is 1.88 bits per heavy atom. The van der Waals surface area contributed by atoms with E-state index in [1.165, 1.54) is 11.1 Å². The third-order valence-electron chi connectivity index (χ3n) is 3.16. The van der Waals surface area contributed by atoms with Crippen LogP contribution < -0.4 is 4.74 Å². The van der Waals surface area contributed by atoms with Crippen LogP contribution in [0.15, 0.2) is 18.2 Å². The summed E-state index contributed by atoms with van der Waals surface area (Å²) in [4.78, 5) is 2.31. The standard InChI is InChI=1S/C14H21NO2/c1-11-5-12(2)7-14(6-11)17-4-3-15-8-13(9-15)10-16/h5-7,13,16H,3-4,8-10H2,1-2H3. The largest absolute Gasteiger partial charge is 0.492 e. The van der Waals surface area contributed by atoms with Gasteiger partial charge in [-0.2, -0.15) is 0 Å². The van der Waals surface area contributed by atoms with Gasteiger partial charge in [0.25, 0.3) is 0 Å². The second kappa shape index (κ2) is 5.52. The lowest BCUT2D eigenvalue weighted by atomic mass is 10.0. The molecule has 0 aromatic heterocycles. The molecule has 1 heterocycles. The zero-order valence-electron chi connectivity index (χ0n) is 10.6. The summed E-state index contributed by atoms with van der Waals surface area (Å²) in [7, 11) is 0. The van der Waals surface area contributed by atoms with Crippen LogP contribution in [-0.2, 0) is 0 Å². The molecule has 0 radical (unpaired) electrons. The van der Waals surface area contributed by atoms with Crippen molar-refractivity contribution < 1.29 is 9.84 Å². The Balaban J connectivity index is 1.71. The SMILES string of the molecule is Cc1cc(C)cc(OCCN2CC(CO)C2)c1. The normalized spacial score (nSPS) is 16.9. The summed E-state index contributed by atoms with van der Waals surface area (Å²) in [5.74, 6) is 1.44. The molecule has 94 valence electrons. The van der Waals surface area contributed by atoms with E-state index in [4.69, 9.17) is 9.84 Å². The smallest absolute Gasteiger partial charge is 0.119 e. The predicted molar refractivity (Wildman–Crippen MR) is 68.4 cm³/mol. The quantitative estimate of drug-likeness (QED) is 0.841. The summed E-state index contributed by atoms with van der Waals surface area (Å²) >= 11 is 0. The Morgan fingerprint density at radius 1 is 1.24 bits per heavy atom. The lowest BCUT2D eigenvalue weighted by Crippen LogP contribution is -2.49. The molecule has 1 aromatic carbocycles. The van der Waals surface area contributed by atoms with Crippen molar-refractivity contribution >= 4 is 0 Å². The summed E-state index contributed by atoms with van der Waals surface area (Å²) in [6, 6.07) is 6.29. The molecule has 0 atom stereocenters. The van der Waals surface area contributed by atoms with E-state index in [9.17, 15) is 0 Å². The highest BCUT2D eigenvalue weighted by Gasteiger charge is 2.25. The molecular weight excluding hydrogens is 214 g/mol. The first-order valence-electron chi connectivity index (χ1n) is 6.21. The van der Waals surface area contributed by atoms with Crippen LogP contribution in [0.3, 0.4) is 0 Å². The summed E-state index contributed by atoms with van der Waals surface area (Å²) < 4.78 is 5.74. The number of likely N-dealkylation sites (tertiary alicyclic amines) is 1. The van der Waals surface area contributed by atoms with Crippen LogP contribution in [-0.4, -0.2) is 42.9 Å². The number of hydrogen-bond acceptors (Lipinski definition) is 3. The van der Waals surface area contributed by atoms with Gasteiger partial charge in [-0.05, 0) is 37.1 Å². The second-order valence-corrected chi connectivity index (χ2v) is 4.98. The van der Waals surface area contributed by atoms with Gasteiger partial charge in [0, 0.05) is 32.2 Å². The van der Waals surface area contributed by atoms with Crippen molar-refractivity contribution in [1.82, 2.24) is 4.90 Å². The molecule has 17 heavy (non-hydrogen) atoms. The first-order valence-corrected chi connectivity index (χ1v) is 6.21. The molecule has 0 spiro atoms. The van der Waals surface area contributed by atoms with Crippen LogP contribution in [0.5, 0.6) is 5.75 Å². The van der Waals surface area contributed by atoms with E-state index in [-0.39, 0.29) is 0 Å². The fraction of sp³-hybridized carbons (Fsp3) is 0.571. The van der Waals surface area contributed by atoms with Crippen molar-refractivity contribution in [3.63, 3.8) is 0 Å². The monoisotopic (exact) mass is 235 g/mol. The minimum atomic E-state index is 0.314. The first kappa shape index (κ1) is 12.4. The number of aryl methyl sites for hydroxylation is 2. The Hall–Kier alpha value is -1.06. The van der Waals surface area contributed by atoms with E-state index in [1.807, 2.05) is 0 Å². The van der Waals surface area contributed by atoms with E-state index in [2.05, 4.69) is 36.9 Å².